The lowest BCUT2D eigenvalue weighted by Crippen LogP contribution is -2.52. The average Bonchev–Trinajstić information content (AvgIpc) is 2.55. The van der Waals surface area contributed by atoms with Crippen molar-refractivity contribution in [3.05, 3.63) is 0 Å². The van der Waals surface area contributed by atoms with E-state index in [1.165, 1.54) is 19.3 Å². The number of esters is 1. The molecule has 174 valence electrons. The summed E-state index contributed by atoms with van der Waals surface area (Å²) in [7, 11) is -6.41. The second kappa shape index (κ2) is 12.7. The van der Waals surface area contributed by atoms with Gasteiger partial charge in [0.15, 0.2) is 0 Å². The lowest BCUT2D eigenvalue weighted by molar-refractivity contribution is -0.259. The van der Waals surface area contributed by atoms with Gasteiger partial charge >= 0.3 is 27.5 Å². The Morgan fingerprint density at radius 1 is 0.862 bits per heavy atom. The molecular weight excluding hydrogens is 423 g/mol. The molecule has 0 rings (SSSR count). The fourth-order valence-electron chi connectivity index (χ4n) is 2.71. The number of ether oxygens (including phenoxy) is 1. The summed E-state index contributed by atoms with van der Waals surface area (Å²) >= 11 is 0. The quantitative estimate of drug-likeness (QED) is 0.144. The van der Waals surface area contributed by atoms with Crippen molar-refractivity contribution in [1.29, 1.82) is 0 Å². The first-order chi connectivity index (χ1) is 13.2. The predicted molar refractivity (Wildman–Crippen MR) is 98.1 cm³/mol. The molecular formula is C18H31F5O5S. The molecule has 5 nitrogen and oxygen atoms in total. The number of carbonyl (C=O) groups is 1. The second-order valence-corrected chi connectivity index (χ2v) is 9.06. The van der Waals surface area contributed by atoms with Crippen LogP contribution in [-0.2, 0) is 19.6 Å². The number of unbranched alkanes of at least 4 members (excludes halogenated alkanes) is 8. The smallest absolute Gasteiger partial charge is 0.432 e. The molecule has 0 aromatic heterocycles. The Morgan fingerprint density at radius 3 is 1.66 bits per heavy atom. The first-order valence-electron chi connectivity index (χ1n) is 9.80. The van der Waals surface area contributed by atoms with Crippen LogP contribution in [0.3, 0.4) is 0 Å². The zero-order valence-electron chi connectivity index (χ0n) is 16.8. The number of alkyl halides is 5. The minimum atomic E-state index is -6.41. The Balaban J connectivity index is 4.10. The van der Waals surface area contributed by atoms with Gasteiger partial charge in [-0.2, -0.15) is 30.4 Å². The third-order valence-electron chi connectivity index (χ3n) is 4.36. The molecule has 11 heteroatoms. The van der Waals surface area contributed by atoms with Crippen LogP contribution in [0.5, 0.6) is 0 Å². The number of halogens is 5. The van der Waals surface area contributed by atoms with Gasteiger partial charge in [-0.1, -0.05) is 71.6 Å². The molecule has 0 spiro atoms. The van der Waals surface area contributed by atoms with Crippen LogP contribution in [0.4, 0.5) is 22.0 Å². The van der Waals surface area contributed by atoms with E-state index in [9.17, 15) is 35.2 Å². The number of hydrogen-bond donors (Lipinski definition) is 1. The molecule has 0 bridgehead atoms. The van der Waals surface area contributed by atoms with Crippen molar-refractivity contribution in [3.63, 3.8) is 0 Å². The fourth-order valence-corrected chi connectivity index (χ4v) is 3.16. The first kappa shape index (κ1) is 28.0. The van der Waals surface area contributed by atoms with Crippen molar-refractivity contribution >= 4 is 16.1 Å². The van der Waals surface area contributed by atoms with Gasteiger partial charge in [-0.05, 0) is 12.3 Å². The van der Waals surface area contributed by atoms with Gasteiger partial charge in [-0.3, -0.25) is 9.35 Å². The highest BCUT2D eigenvalue weighted by molar-refractivity contribution is 7.86. The van der Waals surface area contributed by atoms with E-state index >= 15 is 0 Å². The number of rotatable bonds is 15. The normalized spacial score (nSPS) is 14.2. The van der Waals surface area contributed by atoms with Gasteiger partial charge < -0.3 is 4.74 Å². The van der Waals surface area contributed by atoms with E-state index in [0.717, 1.165) is 32.1 Å². The zero-order chi connectivity index (χ0) is 22.7. The molecule has 0 aliphatic heterocycles. The maximum atomic E-state index is 13.3. The van der Waals surface area contributed by atoms with Crippen molar-refractivity contribution < 1.29 is 44.5 Å². The number of hydrogen-bond acceptors (Lipinski definition) is 4. The SMILES string of the molecule is CC(C)CCCCCCCCCCCC(=O)OC(C(F)(F)F)C(F)(F)S(=O)(=O)O. The van der Waals surface area contributed by atoms with E-state index in [0.29, 0.717) is 12.3 Å². The van der Waals surface area contributed by atoms with Crippen LogP contribution in [0.15, 0.2) is 0 Å². The van der Waals surface area contributed by atoms with Crippen molar-refractivity contribution in [2.75, 3.05) is 0 Å². The Bertz CT molecular complexity index is 576. The summed E-state index contributed by atoms with van der Waals surface area (Å²) in [6, 6.07) is 0. The molecule has 29 heavy (non-hydrogen) atoms. The molecule has 0 aromatic carbocycles. The summed E-state index contributed by atoms with van der Waals surface area (Å²) < 4.78 is 97.5. The first-order valence-corrected chi connectivity index (χ1v) is 11.2. The third-order valence-corrected chi connectivity index (χ3v) is 5.26. The molecule has 0 saturated carbocycles. The van der Waals surface area contributed by atoms with Crippen LogP contribution in [0.1, 0.15) is 84.5 Å². The molecule has 0 radical (unpaired) electrons. The van der Waals surface area contributed by atoms with Gasteiger partial charge in [0.25, 0.3) is 6.10 Å². The molecule has 0 aliphatic carbocycles. The summed E-state index contributed by atoms with van der Waals surface area (Å²) in [6.45, 7) is 4.36. The van der Waals surface area contributed by atoms with E-state index in [-0.39, 0.29) is 6.42 Å². The summed E-state index contributed by atoms with van der Waals surface area (Å²) in [4.78, 5) is 11.4. The van der Waals surface area contributed by atoms with Gasteiger partial charge in [0.05, 0.1) is 0 Å². The largest absolute Gasteiger partial charge is 0.445 e. The van der Waals surface area contributed by atoms with E-state index in [1.807, 2.05) is 0 Å². The lowest BCUT2D eigenvalue weighted by atomic mass is 10.0. The molecule has 0 heterocycles. The molecule has 0 amide bonds. The highest BCUT2D eigenvalue weighted by atomic mass is 32.2. The topological polar surface area (TPSA) is 80.7 Å². The highest BCUT2D eigenvalue weighted by Crippen LogP contribution is 2.38. The van der Waals surface area contributed by atoms with Crippen LogP contribution in [-0.4, -0.2) is 36.5 Å². The summed E-state index contributed by atoms with van der Waals surface area (Å²) in [5, 5.41) is -5.68. The predicted octanol–water partition coefficient (Wildman–Crippen LogP) is 5.89. The standard InChI is InChI=1S/C18H31F5O5S/c1-14(2)12-10-8-6-4-3-5-7-9-11-13-15(24)28-16(17(19,20)21)18(22,23)29(25,26)27/h14,16H,3-13H2,1-2H3,(H,25,26,27). The Kier molecular flexibility index (Phi) is 12.2. The van der Waals surface area contributed by atoms with E-state index < -0.39 is 40.0 Å². The monoisotopic (exact) mass is 454 g/mol. The van der Waals surface area contributed by atoms with Gasteiger partial charge in [0.1, 0.15) is 0 Å². The second-order valence-electron chi connectivity index (χ2n) is 7.56. The van der Waals surface area contributed by atoms with Gasteiger partial charge in [0, 0.05) is 6.42 Å². The zero-order valence-corrected chi connectivity index (χ0v) is 17.6. The van der Waals surface area contributed by atoms with E-state index in [1.54, 1.807) is 0 Å². The fraction of sp³-hybridized carbons (Fsp3) is 0.944. The maximum absolute atomic E-state index is 13.3. The number of carbonyl (C=O) groups excluding carboxylic acids is 1. The van der Waals surface area contributed by atoms with Crippen molar-refractivity contribution in [2.24, 2.45) is 5.92 Å². The summed E-state index contributed by atoms with van der Waals surface area (Å²) in [5.74, 6) is -0.895. The van der Waals surface area contributed by atoms with Crippen LogP contribution >= 0.6 is 0 Å². The Hall–Kier alpha value is -0.970. The van der Waals surface area contributed by atoms with Gasteiger partial charge in [-0.25, -0.2) is 0 Å². The molecule has 0 saturated heterocycles. The van der Waals surface area contributed by atoms with Crippen LogP contribution in [0.2, 0.25) is 0 Å². The molecule has 0 fully saturated rings. The van der Waals surface area contributed by atoms with Crippen molar-refractivity contribution in [3.8, 4) is 0 Å². The summed E-state index contributed by atoms with van der Waals surface area (Å²) in [5.41, 5.74) is 0. The highest BCUT2D eigenvalue weighted by Gasteiger charge is 2.65. The van der Waals surface area contributed by atoms with Crippen LogP contribution < -0.4 is 0 Å². The molecule has 0 aliphatic rings. The Morgan fingerprint density at radius 2 is 1.28 bits per heavy atom. The molecule has 0 aromatic rings. The van der Waals surface area contributed by atoms with Gasteiger partial charge in [-0.15, -0.1) is 0 Å². The minimum Gasteiger partial charge on any atom is -0.445 e. The molecule has 1 N–H and O–H groups in total. The lowest BCUT2D eigenvalue weighted by Gasteiger charge is -2.26. The average molecular weight is 454 g/mol. The summed E-state index contributed by atoms with van der Waals surface area (Å²) in [6.07, 6.45) is -1.57. The van der Waals surface area contributed by atoms with Gasteiger partial charge in [0.2, 0.25) is 0 Å². The molecule has 1 unspecified atom stereocenters. The van der Waals surface area contributed by atoms with Crippen molar-refractivity contribution in [2.45, 2.75) is 102 Å². The maximum Gasteiger partial charge on any atom is 0.432 e. The van der Waals surface area contributed by atoms with Crippen LogP contribution in [0, 0.1) is 5.92 Å². The molecule has 1 atom stereocenters. The van der Waals surface area contributed by atoms with E-state index in [4.69, 9.17) is 4.55 Å². The Labute approximate surface area is 169 Å². The van der Waals surface area contributed by atoms with E-state index in [2.05, 4.69) is 18.6 Å². The minimum absolute atomic E-state index is 0.134. The van der Waals surface area contributed by atoms with Crippen LogP contribution in [0.25, 0.3) is 0 Å². The van der Waals surface area contributed by atoms with Crippen molar-refractivity contribution in [1.82, 2.24) is 0 Å². The third kappa shape index (κ3) is 11.7.